The molecule has 1 aromatic heterocycles. The molecule has 0 unspecified atom stereocenters. The van der Waals surface area contributed by atoms with Crippen molar-refractivity contribution in [2.24, 2.45) is 5.41 Å². The van der Waals surface area contributed by atoms with Gasteiger partial charge in [0.15, 0.2) is 5.82 Å². The maximum Gasteiger partial charge on any atom is 0.304 e. The minimum atomic E-state index is -0.954. The normalized spacial score (nSPS) is 16.0. The summed E-state index contributed by atoms with van der Waals surface area (Å²) in [5.41, 5.74) is 2.38. The fourth-order valence-corrected chi connectivity index (χ4v) is 4.36. The largest absolute Gasteiger partial charge is 0.481 e. The minimum absolute atomic E-state index is 0.163. The molecule has 0 radical (unpaired) electrons. The first-order valence-electron chi connectivity index (χ1n) is 10.5. The lowest BCUT2D eigenvalue weighted by atomic mass is 9.81. The van der Waals surface area contributed by atoms with E-state index in [9.17, 15) is 14.7 Å². The predicted molar refractivity (Wildman–Crippen MR) is 114 cm³/mol. The Morgan fingerprint density at radius 3 is 2.32 bits per heavy atom. The van der Waals surface area contributed by atoms with Crippen LogP contribution in [-0.4, -0.2) is 37.6 Å². The molecule has 1 aliphatic rings. The number of hydrogen-bond donors (Lipinski definition) is 3. The Morgan fingerprint density at radius 2 is 1.71 bits per heavy atom. The highest BCUT2D eigenvalue weighted by molar-refractivity contribution is 5.87. The number of benzene rings is 2. The highest BCUT2D eigenvalue weighted by atomic mass is 16.4. The standard InChI is InChI=1S/C23H25N5O3/c29-20(30)15-23(12-4-5-13-23)22(31)24-19(21-25-27-28-26-21)14-16-8-10-18(11-9-16)17-6-2-1-3-7-17/h1-3,6-11,19H,4-5,12-15H2,(H,24,31)(H,29,30)(H,25,26,27,28)/t19-/m0/s1. The van der Waals surface area contributed by atoms with Gasteiger partial charge in [-0.3, -0.25) is 9.59 Å². The maximum absolute atomic E-state index is 13.2. The number of tetrazole rings is 1. The van der Waals surface area contributed by atoms with E-state index in [4.69, 9.17) is 0 Å². The van der Waals surface area contributed by atoms with Crippen molar-refractivity contribution in [1.82, 2.24) is 25.9 Å². The Balaban J connectivity index is 1.52. The monoisotopic (exact) mass is 419 g/mol. The van der Waals surface area contributed by atoms with E-state index in [1.807, 2.05) is 42.5 Å². The van der Waals surface area contributed by atoms with Gasteiger partial charge in [0.1, 0.15) is 0 Å². The fraction of sp³-hybridized carbons (Fsp3) is 0.348. The molecular formula is C23H25N5O3. The number of H-pyrrole nitrogens is 1. The van der Waals surface area contributed by atoms with E-state index in [0.717, 1.165) is 29.5 Å². The molecule has 3 aromatic rings. The molecule has 0 aliphatic heterocycles. The molecule has 0 bridgehead atoms. The van der Waals surface area contributed by atoms with Gasteiger partial charge in [0.05, 0.1) is 17.9 Å². The van der Waals surface area contributed by atoms with Crippen molar-refractivity contribution in [2.45, 2.75) is 44.6 Å². The summed E-state index contributed by atoms with van der Waals surface area (Å²) >= 11 is 0. The van der Waals surface area contributed by atoms with Crippen LogP contribution in [0.15, 0.2) is 54.6 Å². The molecule has 1 heterocycles. The van der Waals surface area contributed by atoms with Crippen molar-refractivity contribution in [1.29, 1.82) is 0 Å². The Bertz CT molecular complexity index is 1010. The first-order chi connectivity index (χ1) is 15.1. The van der Waals surface area contributed by atoms with Gasteiger partial charge in [-0.05, 0) is 29.5 Å². The van der Waals surface area contributed by atoms with Crippen molar-refractivity contribution >= 4 is 11.9 Å². The van der Waals surface area contributed by atoms with E-state index in [2.05, 4.69) is 38.1 Å². The van der Waals surface area contributed by atoms with Gasteiger partial charge in [-0.25, -0.2) is 0 Å². The highest BCUT2D eigenvalue weighted by Crippen LogP contribution is 2.42. The molecule has 4 rings (SSSR count). The van der Waals surface area contributed by atoms with Crippen LogP contribution in [0.1, 0.15) is 49.5 Å². The average Bonchev–Trinajstić information content (AvgIpc) is 3.47. The lowest BCUT2D eigenvalue weighted by molar-refractivity contribution is -0.145. The van der Waals surface area contributed by atoms with E-state index in [1.165, 1.54) is 0 Å². The number of carbonyl (C=O) groups is 2. The third-order valence-electron chi connectivity index (χ3n) is 6.01. The molecule has 1 fully saturated rings. The summed E-state index contributed by atoms with van der Waals surface area (Å²) in [6.07, 6.45) is 3.18. The number of aromatic nitrogens is 4. The summed E-state index contributed by atoms with van der Waals surface area (Å²) in [5.74, 6) is -0.822. The Hall–Kier alpha value is -3.55. The van der Waals surface area contributed by atoms with Crippen molar-refractivity contribution in [3.8, 4) is 11.1 Å². The van der Waals surface area contributed by atoms with Gasteiger partial charge in [-0.1, -0.05) is 72.7 Å². The summed E-state index contributed by atoms with van der Waals surface area (Å²) in [6.45, 7) is 0. The molecule has 1 atom stereocenters. The number of nitrogens with zero attached hydrogens (tertiary/aromatic N) is 3. The van der Waals surface area contributed by atoms with E-state index in [1.54, 1.807) is 0 Å². The summed E-state index contributed by atoms with van der Waals surface area (Å²) in [4.78, 5) is 24.6. The lowest BCUT2D eigenvalue weighted by Gasteiger charge is -2.28. The van der Waals surface area contributed by atoms with Crippen molar-refractivity contribution in [2.75, 3.05) is 0 Å². The maximum atomic E-state index is 13.2. The van der Waals surface area contributed by atoms with Crippen LogP contribution in [0.25, 0.3) is 11.1 Å². The van der Waals surface area contributed by atoms with E-state index < -0.39 is 17.4 Å². The van der Waals surface area contributed by atoms with Crippen LogP contribution in [0.3, 0.4) is 0 Å². The minimum Gasteiger partial charge on any atom is -0.481 e. The second kappa shape index (κ2) is 9.07. The van der Waals surface area contributed by atoms with Crippen molar-refractivity contribution in [3.63, 3.8) is 0 Å². The fourth-order valence-electron chi connectivity index (χ4n) is 4.36. The number of aromatic amines is 1. The molecule has 8 nitrogen and oxygen atoms in total. The molecule has 1 aliphatic carbocycles. The van der Waals surface area contributed by atoms with Crippen LogP contribution >= 0.6 is 0 Å². The quantitative estimate of drug-likeness (QED) is 0.515. The topological polar surface area (TPSA) is 121 Å². The molecule has 1 amide bonds. The Labute approximate surface area is 180 Å². The SMILES string of the molecule is O=C(O)CC1(C(=O)N[C@@H](Cc2ccc(-c3ccccc3)cc2)c2nn[nH]n2)CCCC1. The first kappa shape index (κ1) is 20.7. The number of carboxylic acid groups (broad SMARTS) is 1. The number of carboxylic acids is 1. The zero-order valence-electron chi connectivity index (χ0n) is 17.1. The van der Waals surface area contributed by atoms with Crippen molar-refractivity contribution in [3.05, 3.63) is 66.0 Å². The van der Waals surface area contributed by atoms with Gasteiger partial charge in [0.25, 0.3) is 0 Å². The van der Waals surface area contributed by atoms with Gasteiger partial charge in [0.2, 0.25) is 5.91 Å². The van der Waals surface area contributed by atoms with Crippen LogP contribution in [0.4, 0.5) is 0 Å². The van der Waals surface area contributed by atoms with Gasteiger partial charge < -0.3 is 10.4 Å². The second-order valence-electron chi connectivity index (χ2n) is 8.12. The predicted octanol–water partition coefficient (Wildman–Crippen LogP) is 3.30. The molecule has 2 aromatic carbocycles. The smallest absolute Gasteiger partial charge is 0.304 e. The molecular weight excluding hydrogens is 394 g/mol. The van der Waals surface area contributed by atoms with Crippen LogP contribution in [0, 0.1) is 5.41 Å². The summed E-state index contributed by atoms with van der Waals surface area (Å²) in [5, 5.41) is 26.5. The van der Waals surface area contributed by atoms with Crippen LogP contribution in [0.5, 0.6) is 0 Å². The van der Waals surface area contributed by atoms with Gasteiger partial charge in [-0.15, -0.1) is 10.2 Å². The third kappa shape index (κ3) is 4.79. The van der Waals surface area contributed by atoms with Crippen LogP contribution < -0.4 is 5.32 Å². The molecule has 8 heteroatoms. The Morgan fingerprint density at radius 1 is 1.03 bits per heavy atom. The Kier molecular flexibility index (Phi) is 6.06. The lowest BCUT2D eigenvalue weighted by Crippen LogP contribution is -2.43. The molecule has 31 heavy (non-hydrogen) atoms. The van der Waals surface area contributed by atoms with Gasteiger partial charge in [0, 0.05) is 6.42 Å². The molecule has 0 spiro atoms. The summed E-state index contributed by atoms with van der Waals surface area (Å²) in [7, 11) is 0. The summed E-state index contributed by atoms with van der Waals surface area (Å²) < 4.78 is 0. The van der Waals surface area contributed by atoms with E-state index in [0.29, 0.717) is 25.1 Å². The molecule has 1 saturated carbocycles. The first-order valence-corrected chi connectivity index (χ1v) is 10.5. The number of aliphatic carboxylic acids is 1. The average molecular weight is 419 g/mol. The number of rotatable bonds is 8. The highest BCUT2D eigenvalue weighted by Gasteiger charge is 2.43. The molecule has 160 valence electrons. The number of nitrogens with one attached hydrogen (secondary N) is 2. The second-order valence-corrected chi connectivity index (χ2v) is 8.12. The number of hydrogen-bond acceptors (Lipinski definition) is 5. The van der Waals surface area contributed by atoms with Crippen LogP contribution in [-0.2, 0) is 16.0 Å². The van der Waals surface area contributed by atoms with Gasteiger partial charge >= 0.3 is 5.97 Å². The third-order valence-corrected chi connectivity index (χ3v) is 6.01. The van der Waals surface area contributed by atoms with Gasteiger partial charge in [-0.2, -0.15) is 5.21 Å². The van der Waals surface area contributed by atoms with E-state index in [-0.39, 0.29) is 12.3 Å². The van der Waals surface area contributed by atoms with Crippen molar-refractivity contribution < 1.29 is 14.7 Å². The zero-order chi connectivity index (χ0) is 21.7. The summed E-state index contributed by atoms with van der Waals surface area (Å²) in [6, 6.07) is 17.7. The zero-order valence-corrected chi connectivity index (χ0v) is 17.1. The van der Waals surface area contributed by atoms with Crippen LogP contribution in [0.2, 0.25) is 0 Å². The molecule has 0 saturated heterocycles. The number of amides is 1. The number of carbonyl (C=O) groups excluding carboxylic acids is 1. The molecule has 3 N–H and O–H groups in total. The van der Waals surface area contributed by atoms with E-state index >= 15 is 0 Å².